The van der Waals surface area contributed by atoms with Crippen molar-refractivity contribution in [3.63, 3.8) is 0 Å². The van der Waals surface area contributed by atoms with Crippen molar-refractivity contribution in [1.29, 1.82) is 0 Å². The van der Waals surface area contributed by atoms with Crippen molar-refractivity contribution in [3.05, 3.63) is 66.0 Å². The Labute approximate surface area is 111 Å². The van der Waals surface area contributed by atoms with Gasteiger partial charge in [0.2, 0.25) is 0 Å². The number of halogens is 1. The summed E-state index contributed by atoms with van der Waals surface area (Å²) in [5, 5.41) is 0. The molecule has 0 heterocycles. The monoisotopic (exact) mass is 246 g/mol. The number of hydrogen-bond acceptors (Lipinski definition) is 0. The highest BCUT2D eigenvalue weighted by Crippen LogP contribution is 2.19. The zero-order valence-electron chi connectivity index (χ0n) is 11.8. The standard InChI is InChI=1S/C15H17F.C2H6/c1-4-7-8-12(5-2)14-10-9-13(6-3)15(16)11-14;1-2/h4-5,7-11H,1,6H2,2-3H3;1-2H3/b8-7-,12-5+;. The maximum absolute atomic E-state index is 13.6. The minimum Gasteiger partial charge on any atom is -0.207 e. The van der Waals surface area contributed by atoms with E-state index in [9.17, 15) is 4.39 Å². The van der Waals surface area contributed by atoms with E-state index in [0.29, 0.717) is 0 Å². The van der Waals surface area contributed by atoms with Gasteiger partial charge in [-0.25, -0.2) is 4.39 Å². The molecule has 0 saturated carbocycles. The van der Waals surface area contributed by atoms with E-state index in [-0.39, 0.29) is 5.82 Å². The highest BCUT2D eigenvalue weighted by molar-refractivity contribution is 5.74. The smallest absolute Gasteiger partial charge is 0.127 e. The molecule has 1 heteroatoms. The van der Waals surface area contributed by atoms with E-state index in [1.54, 1.807) is 12.1 Å². The molecule has 0 bridgehead atoms. The summed E-state index contributed by atoms with van der Waals surface area (Å²) in [5.74, 6) is -0.133. The Balaban J connectivity index is 0.00000137. The molecule has 0 saturated heterocycles. The van der Waals surface area contributed by atoms with Gasteiger partial charge in [-0.2, -0.15) is 0 Å². The fourth-order valence-electron chi connectivity index (χ4n) is 1.54. The zero-order chi connectivity index (χ0) is 14.0. The third-order valence-corrected chi connectivity index (χ3v) is 2.49. The minimum atomic E-state index is -0.133. The van der Waals surface area contributed by atoms with E-state index < -0.39 is 0 Å². The Morgan fingerprint density at radius 2 is 2.00 bits per heavy atom. The number of rotatable bonds is 4. The van der Waals surface area contributed by atoms with E-state index in [2.05, 4.69) is 6.58 Å². The molecule has 0 nitrogen and oxygen atoms in total. The van der Waals surface area contributed by atoms with Gasteiger partial charge in [-0.1, -0.05) is 63.8 Å². The van der Waals surface area contributed by atoms with Crippen molar-refractivity contribution in [1.82, 2.24) is 0 Å². The first-order chi connectivity index (χ1) is 8.72. The molecule has 1 aromatic rings. The summed E-state index contributed by atoms with van der Waals surface area (Å²) in [6, 6.07) is 5.38. The maximum atomic E-state index is 13.6. The van der Waals surface area contributed by atoms with Gasteiger partial charge in [0, 0.05) is 0 Å². The van der Waals surface area contributed by atoms with Crippen LogP contribution in [0, 0.1) is 5.82 Å². The Morgan fingerprint density at radius 3 is 2.44 bits per heavy atom. The van der Waals surface area contributed by atoms with Crippen LogP contribution >= 0.6 is 0 Å². The van der Waals surface area contributed by atoms with Gasteiger partial charge in [-0.3, -0.25) is 0 Å². The quantitative estimate of drug-likeness (QED) is 0.610. The fraction of sp³-hybridized carbons (Fsp3) is 0.294. The lowest BCUT2D eigenvalue weighted by molar-refractivity contribution is 0.612. The Hall–Kier alpha value is -1.63. The molecular weight excluding hydrogens is 223 g/mol. The van der Waals surface area contributed by atoms with Gasteiger partial charge in [0.25, 0.3) is 0 Å². The molecule has 1 aromatic carbocycles. The van der Waals surface area contributed by atoms with E-state index in [0.717, 1.165) is 23.1 Å². The lowest BCUT2D eigenvalue weighted by atomic mass is 10.0. The normalized spacial score (nSPS) is 11.1. The molecule has 0 aliphatic rings. The van der Waals surface area contributed by atoms with Gasteiger partial charge in [0.15, 0.2) is 0 Å². The highest BCUT2D eigenvalue weighted by Gasteiger charge is 2.03. The van der Waals surface area contributed by atoms with Crippen LogP contribution < -0.4 is 0 Å². The molecule has 0 radical (unpaired) electrons. The van der Waals surface area contributed by atoms with Gasteiger partial charge >= 0.3 is 0 Å². The Morgan fingerprint density at radius 1 is 1.33 bits per heavy atom. The third-order valence-electron chi connectivity index (χ3n) is 2.49. The number of aryl methyl sites for hydroxylation is 1. The highest BCUT2D eigenvalue weighted by atomic mass is 19.1. The molecule has 0 N–H and O–H groups in total. The number of hydrogen-bond donors (Lipinski definition) is 0. The van der Waals surface area contributed by atoms with E-state index in [1.165, 1.54) is 0 Å². The summed E-state index contributed by atoms with van der Waals surface area (Å²) < 4.78 is 13.6. The van der Waals surface area contributed by atoms with Crippen molar-refractivity contribution in [3.8, 4) is 0 Å². The lowest BCUT2D eigenvalue weighted by Gasteiger charge is -2.05. The molecule has 1 rings (SSSR count). The van der Waals surface area contributed by atoms with Crippen LogP contribution in [0.25, 0.3) is 5.57 Å². The van der Waals surface area contributed by atoms with E-state index in [4.69, 9.17) is 0 Å². The summed E-state index contributed by atoms with van der Waals surface area (Å²) in [5.41, 5.74) is 2.66. The zero-order valence-corrected chi connectivity index (χ0v) is 11.8. The summed E-state index contributed by atoms with van der Waals surface area (Å²) >= 11 is 0. The number of benzene rings is 1. The first kappa shape index (κ1) is 16.4. The van der Waals surface area contributed by atoms with Gasteiger partial charge < -0.3 is 0 Å². The molecular formula is C17H23F. The van der Waals surface area contributed by atoms with Crippen LogP contribution in [0.5, 0.6) is 0 Å². The lowest BCUT2D eigenvalue weighted by Crippen LogP contribution is -1.90. The average molecular weight is 246 g/mol. The van der Waals surface area contributed by atoms with E-state index in [1.807, 2.05) is 58.1 Å². The summed E-state index contributed by atoms with van der Waals surface area (Å²) in [7, 11) is 0. The molecule has 0 aliphatic heterocycles. The van der Waals surface area contributed by atoms with Gasteiger partial charge in [-0.05, 0) is 36.1 Å². The van der Waals surface area contributed by atoms with Crippen LogP contribution in [0.3, 0.4) is 0 Å². The summed E-state index contributed by atoms with van der Waals surface area (Å²) in [6.45, 7) is 11.5. The largest absolute Gasteiger partial charge is 0.207 e. The predicted molar refractivity (Wildman–Crippen MR) is 80.1 cm³/mol. The van der Waals surface area contributed by atoms with Gasteiger partial charge in [0.05, 0.1) is 0 Å². The third kappa shape index (κ3) is 4.70. The molecule has 18 heavy (non-hydrogen) atoms. The van der Waals surface area contributed by atoms with Crippen LogP contribution in [0.15, 0.2) is 49.1 Å². The van der Waals surface area contributed by atoms with Crippen molar-refractivity contribution in [2.45, 2.75) is 34.1 Å². The second-order valence-electron chi connectivity index (χ2n) is 3.50. The molecule has 0 atom stereocenters. The predicted octanol–water partition coefficient (Wildman–Crippen LogP) is 5.56. The molecule has 0 amide bonds. The minimum absolute atomic E-state index is 0.133. The van der Waals surface area contributed by atoms with Crippen molar-refractivity contribution in [2.24, 2.45) is 0 Å². The SMILES string of the molecule is C=C/C=C\C(=C/C)c1ccc(CC)c(F)c1.CC. The van der Waals surface area contributed by atoms with Gasteiger partial charge in [0.1, 0.15) is 5.82 Å². The molecule has 98 valence electrons. The summed E-state index contributed by atoms with van der Waals surface area (Å²) in [6.07, 6.45) is 8.16. The second-order valence-corrected chi connectivity index (χ2v) is 3.50. The number of allylic oxidation sites excluding steroid dienone is 5. The van der Waals surface area contributed by atoms with E-state index >= 15 is 0 Å². The maximum Gasteiger partial charge on any atom is 0.127 e. The van der Waals surface area contributed by atoms with Crippen molar-refractivity contribution < 1.29 is 4.39 Å². The van der Waals surface area contributed by atoms with Crippen LogP contribution in [0.2, 0.25) is 0 Å². The van der Waals surface area contributed by atoms with Crippen LogP contribution in [0.1, 0.15) is 38.8 Å². The fourth-order valence-corrected chi connectivity index (χ4v) is 1.54. The average Bonchev–Trinajstić information content (AvgIpc) is 2.42. The van der Waals surface area contributed by atoms with Crippen LogP contribution in [0.4, 0.5) is 4.39 Å². The summed E-state index contributed by atoms with van der Waals surface area (Å²) in [4.78, 5) is 0. The molecule has 0 fully saturated rings. The topological polar surface area (TPSA) is 0 Å². The molecule has 0 spiro atoms. The second kappa shape index (κ2) is 9.41. The first-order valence-electron chi connectivity index (χ1n) is 6.47. The Kier molecular flexibility index (Phi) is 8.55. The first-order valence-corrected chi connectivity index (χ1v) is 6.47. The van der Waals surface area contributed by atoms with Crippen molar-refractivity contribution >= 4 is 5.57 Å². The molecule has 0 aromatic heterocycles. The Bertz CT molecular complexity index is 425. The van der Waals surface area contributed by atoms with Crippen molar-refractivity contribution in [2.75, 3.05) is 0 Å². The van der Waals surface area contributed by atoms with Crippen LogP contribution in [-0.2, 0) is 6.42 Å². The van der Waals surface area contributed by atoms with Crippen LogP contribution in [-0.4, -0.2) is 0 Å². The molecule has 0 aliphatic carbocycles. The molecule has 0 unspecified atom stereocenters. The van der Waals surface area contributed by atoms with Gasteiger partial charge in [-0.15, -0.1) is 0 Å².